The number of carbonyl (C=O) groups excluding carboxylic acids is 1. The number of aromatic nitrogens is 1. The number of H-pyrrole nitrogens is 1. The first-order chi connectivity index (χ1) is 9.94. The number of rotatable bonds is 3. The summed E-state index contributed by atoms with van der Waals surface area (Å²) < 4.78 is 36.5. The molecule has 1 fully saturated rings. The van der Waals surface area contributed by atoms with Crippen molar-refractivity contribution in [1.29, 1.82) is 0 Å². The highest BCUT2D eigenvalue weighted by Gasteiger charge is 2.29. The summed E-state index contributed by atoms with van der Waals surface area (Å²) in [5.74, 6) is -0.568. The largest absolute Gasteiger partial charge is 0.361 e. The normalized spacial score (nSPS) is 20.7. The van der Waals surface area contributed by atoms with Gasteiger partial charge in [0, 0.05) is 23.1 Å². The molecule has 1 aliphatic heterocycles. The number of hydrogen-bond donors (Lipinski definition) is 2. The highest BCUT2D eigenvalue weighted by Crippen LogP contribution is 2.22. The van der Waals surface area contributed by atoms with Gasteiger partial charge >= 0.3 is 0 Å². The minimum Gasteiger partial charge on any atom is -0.361 e. The molecule has 3 rings (SSSR count). The van der Waals surface area contributed by atoms with Crippen LogP contribution >= 0.6 is 0 Å². The molecule has 0 aliphatic carbocycles. The van der Waals surface area contributed by atoms with Crippen molar-refractivity contribution >= 4 is 26.6 Å². The minimum atomic E-state index is -3.03. The van der Waals surface area contributed by atoms with Gasteiger partial charge < -0.3 is 10.3 Å². The van der Waals surface area contributed by atoms with Crippen molar-refractivity contribution < 1.29 is 17.6 Å². The van der Waals surface area contributed by atoms with E-state index in [1.54, 1.807) is 18.3 Å². The van der Waals surface area contributed by atoms with Crippen LogP contribution in [0.25, 0.3) is 10.9 Å². The number of nitrogens with one attached hydrogen (secondary N) is 2. The molecule has 1 aromatic carbocycles. The van der Waals surface area contributed by atoms with Crippen LogP contribution in [0.15, 0.2) is 24.4 Å². The molecular weight excluding hydrogens is 295 g/mol. The number of amides is 1. The van der Waals surface area contributed by atoms with Gasteiger partial charge in [0.2, 0.25) is 5.91 Å². The van der Waals surface area contributed by atoms with E-state index in [1.165, 1.54) is 6.07 Å². The second-order valence-corrected chi connectivity index (χ2v) is 7.55. The van der Waals surface area contributed by atoms with E-state index in [0.29, 0.717) is 22.9 Å². The third-order valence-electron chi connectivity index (χ3n) is 3.69. The van der Waals surface area contributed by atoms with E-state index in [4.69, 9.17) is 0 Å². The average Bonchev–Trinajstić information content (AvgIpc) is 2.94. The van der Waals surface area contributed by atoms with Crippen LogP contribution < -0.4 is 5.32 Å². The summed E-state index contributed by atoms with van der Waals surface area (Å²) in [6.45, 7) is 0. The molecular formula is C14H15FN2O3S. The molecule has 2 N–H and O–H groups in total. The molecule has 1 saturated heterocycles. The number of halogens is 1. The van der Waals surface area contributed by atoms with Gasteiger partial charge in [-0.05, 0) is 24.1 Å². The summed E-state index contributed by atoms with van der Waals surface area (Å²) >= 11 is 0. The Kier molecular flexibility index (Phi) is 3.44. The van der Waals surface area contributed by atoms with Crippen molar-refractivity contribution in [2.75, 3.05) is 11.5 Å². The van der Waals surface area contributed by atoms with Crippen LogP contribution in [0.5, 0.6) is 0 Å². The van der Waals surface area contributed by atoms with Crippen molar-refractivity contribution in [1.82, 2.24) is 10.3 Å². The highest BCUT2D eigenvalue weighted by molar-refractivity contribution is 7.91. The first-order valence-electron chi connectivity index (χ1n) is 6.69. The Morgan fingerprint density at radius 1 is 1.43 bits per heavy atom. The molecule has 21 heavy (non-hydrogen) atoms. The van der Waals surface area contributed by atoms with Crippen LogP contribution in [0.3, 0.4) is 0 Å². The quantitative estimate of drug-likeness (QED) is 0.892. The van der Waals surface area contributed by atoms with Crippen LogP contribution in [0.1, 0.15) is 12.0 Å². The smallest absolute Gasteiger partial charge is 0.224 e. The summed E-state index contributed by atoms with van der Waals surface area (Å²) in [6.07, 6.45) is 2.08. The monoisotopic (exact) mass is 310 g/mol. The lowest BCUT2D eigenvalue weighted by atomic mass is 10.1. The molecule has 0 bridgehead atoms. The minimum absolute atomic E-state index is 0.0129. The van der Waals surface area contributed by atoms with Gasteiger partial charge in [-0.1, -0.05) is 6.07 Å². The van der Waals surface area contributed by atoms with E-state index in [0.717, 1.165) is 0 Å². The number of sulfone groups is 1. The maximum Gasteiger partial charge on any atom is 0.224 e. The van der Waals surface area contributed by atoms with Gasteiger partial charge in [-0.15, -0.1) is 0 Å². The first-order valence-corrected chi connectivity index (χ1v) is 8.51. The third kappa shape index (κ3) is 2.92. The molecule has 2 heterocycles. The molecule has 5 nitrogen and oxygen atoms in total. The van der Waals surface area contributed by atoms with Crippen molar-refractivity contribution in [3.63, 3.8) is 0 Å². The molecule has 1 atom stereocenters. The zero-order valence-electron chi connectivity index (χ0n) is 11.2. The number of aromatic amines is 1. The van der Waals surface area contributed by atoms with Crippen molar-refractivity contribution in [3.8, 4) is 0 Å². The van der Waals surface area contributed by atoms with Gasteiger partial charge in [-0.25, -0.2) is 12.8 Å². The standard InChI is InChI=1S/C14H15FN2O3S/c15-11-2-1-3-12-14(11)9(7-16-12)6-13(18)17-10-4-5-21(19,20)8-10/h1-3,7,10,16H,4-6,8H2,(H,17,18). The molecule has 1 unspecified atom stereocenters. The van der Waals surface area contributed by atoms with Gasteiger partial charge in [0.25, 0.3) is 0 Å². The maximum atomic E-state index is 13.8. The SMILES string of the molecule is O=C(Cc1c[nH]c2cccc(F)c12)NC1CCS(=O)(=O)C1. The van der Waals surface area contributed by atoms with Gasteiger partial charge in [0.1, 0.15) is 5.82 Å². The number of hydrogen-bond acceptors (Lipinski definition) is 3. The van der Waals surface area contributed by atoms with Crippen LogP contribution in [0.2, 0.25) is 0 Å². The predicted octanol–water partition coefficient (Wildman–Crippen LogP) is 1.15. The Bertz CT molecular complexity index is 798. The third-order valence-corrected chi connectivity index (χ3v) is 5.45. The number of carbonyl (C=O) groups is 1. The van der Waals surface area contributed by atoms with E-state index in [9.17, 15) is 17.6 Å². The molecule has 1 amide bonds. The van der Waals surface area contributed by atoms with Crippen LogP contribution in [0, 0.1) is 5.82 Å². The molecule has 0 spiro atoms. The lowest BCUT2D eigenvalue weighted by Crippen LogP contribution is -2.36. The Balaban J connectivity index is 1.72. The summed E-state index contributed by atoms with van der Waals surface area (Å²) in [7, 11) is -3.03. The highest BCUT2D eigenvalue weighted by atomic mass is 32.2. The first kappa shape index (κ1) is 14.1. The van der Waals surface area contributed by atoms with E-state index >= 15 is 0 Å². The number of benzene rings is 1. The number of fused-ring (bicyclic) bond motifs is 1. The fourth-order valence-electron chi connectivity index (χ4n) is 2.71. The molecule has 2 aromatic rings. The lowest BCUT2D eigenvalue weighted by molar-refractivity contribution is -0.120. The summed E-state index contributed by atoms with van der Waals surface area (Å²) in [6, 6.07) is 4.35. The Morgan fingerprint density at radius 2 is 2.24 bits per heavy atom. The fraction of sp³-hybridized carbons (Fsp3) is 0.357. The second-order valence-electron chi connectivity index (χ2n) is 5.32. The second kappa shape index (κ2) is 5.14. The molecule has 112 valence electrons. The van der Waals surface area contributed by atoms with Gasteiger partial charge in [0.15, 0.2) is 9.84 Å². The molecule has 0 radical (unpaired) electrons. The topological polar surface area (TPSA) is 79.0 Å². The summed E-state index contributed by atoms with van der Waals surface area (Å²) in [4.78, 5) is 14.9. The van der Waals surface area contributed by atoms with E-state index < -0.39 is 9.84 Å². The van der Waals surface area contributed by atoms with Crippen LogP contribution in [-0.2, 0) is 21.1 Å². The van der Waals surface area contributed by atoms with Crippen molar-refractivity contribution in [2.45, 2.75) is 18.9 Å². The van der Waals surface area contributed by atoms with Gasteiger partial charge in [-0.2, -0.15) is 0 Å². The van der Waals surface area contributed by atoms with Crippen LogP contribution in [-0.4, -0.2) is 36.9 Å². The summed E-state index contributed by atoms with van der Waals surface area (Å²) in [5, 5.41) is 3.11. The van der Waals surface area contributed by atoms with Crippen molar-refractivity contribution in [3.05, 3.63) is 35.8 Å². The Labute approximate surface area is 121 Å². The fourth-order valence-corrected chi connectivity index (χ4v) is 4.38. The molecule has 1 aliphatic rings. The average molecular weight is 310 g/mol. The van der Waals surface area contributed by atoms with Gasteiger partial charge in [-0.3, -0.25) is 4.79 Å². The zero-order chi connectivity index (χ0) is 15.0. The maximum absolute atomic E-state index is 13.8. The van der Waals surface area contributed by atoms with E-state index in [1.807, 2.05) is 0 Å². The molecule has 7 heteroatoms. The Hall–Kier alpha value is -1.89. The molecule has 1 aromatic heterocycles. The van der Waals surface area contributed by atoms with E-state index in [2.05, 4.69) is 10.3 Å². The Morgan fingerprint density at radius 3 is 2.95 bits per heavy atom. The van der Waals surface area contributed by atoms with E-state index in [-0.39, 0.29) is 35.7 Å². The lowest BCUT2D eigenvalue weighted by Gasteiger charge is -2.10. The summed E-state index contributed by atoms with van der Waals surface area (Å²) in [5.41, 5.74) is 1.21. The molecule has 0 saturated carbocycles. The predicted molar refractivity (Wildman–Crippen MR) is 77.2 cm³/mol. The zero-order valence-corrected chi connectivity index (χ0v) is 12.0. The van der Waals surface area contributed by atoms with Crippen LogP contribution in [0.4, 0.5) is 4.39 Å². The van der Waals surface area contributed by atoms with Crippen molar-refractivity contribution in [2.24, 2.45) is 0 Å². The van der Waals surface area contributed by atoms with Gasteiger partial charge in [0.05, 0.1) is 17.9 Å².